The maximum Gasteiger partial charge on any atom is 0.354 e. The summed E-state index contributed by atoms with van der Waals surface area (Å²) < 4.78 is 0. The standard InChI is InChI=1S/C18H18N4O3/c1-10(2)15(16-20-11-6-3-4-7-12(11)21-16)22-17(23)13-8-5-9-14(19-13)18(24)25/h3-10,15H,1-2H3,(H,20,21)(H,22,23)(H,24,25)/t15-/m1/s1. The van der Waals surface area contributed by atoms with Crippen molar-refractivity contribution in [2.45, 2.75) is 19.9 Å². The van der Waals surface area contributed by atoms with Gasteiger partial charge in [0.15, 0.2) is 0 Å². The zero-order valence-corrected chi connectivity index (χ0v) is 13.9. The third kappa shape index (κ3) is 3.50. The van der Waals surface area contributed by atoms with Crippen LogP contribution in [0, 0.1) is 5.92 Å². The van der Waals surface area contributed by atoms with Crippen LogP contribution in [-0.4, -0.2) is 31.9 Å². The van der Waals surface area contributed by atoms with Crippen molar-refractivity contribution in [2.75, 3.05) is 0 Å². The second-order valence-corrected chi connectivity index (χ2v) is 6.05. The molecule has 3 N–H and O–H groups in total. The number of aromatic carboxylic acids is 1. The van der Waals surface area contributed by atoms with Crippen LogP contribution in [0.1, 0.15) is 46.7 Å². The van der Waals surface area contributed by atoms with Crippen LogP contribution in [0.5, 0.6) is 0 Å². The van der Waals surface area contributed by atoms with Gasteiger partial charge in [0.05, 0.1) is 17.1 Å². The molecule has 3 aromatic rings. The number of carboxylic acid groups (broad SMARTS) is 1. The number of pyridine rings is 1. The summed E-state index contributed by atoms with van der Waals surface area (Å²) in [7, 11) is 0. The average Bonchev–Trinajstić information content (AvgIpc) is 3.02. The Labute approximate surface area is 144 Å². The lowest BCUT2D eigenvalue weighted by Gasteiger charge is -2.20. The van der Waals surface area contributed by atoms with E-state index < -0.39 is 11.9 Å². The molecule has 1 atom stereocenters. The van der Waals surface area contributed by atoms with Gasteiger partial charge < -0.3 is 15.4 Å². The fraction of sp³-hybridized carbons (Fsp3) is 0.222. The molecule has 0 saturated heterocycles. The summed E-state index contributed by atoms with van der Waals surface area (Å²) in [5.41, 5.74) is 1.60. The van der Waals surface area contributed by atoms with Gasteiger partial charge in [-0.1, -0.05) is 32.0 Å². The van der Waals surface area contributed by atoms with Crippen molar-refractivity contribution in [3.05, 3.63) is 59.7 Å². The van der Waals surface area contributed by atoms with Gasteiger partial charge in [-0.2, -0.15) is 0 Å². The molecule has 128 valence electrons. The molecule has 0 fully saturated rings. The molecule has 0 unspecified atom stereocenters. The van der Waals surface area contributed by atoms with Gasteiger partial charge in [-0.05, 0) is 30.2 Å². The topological polar surface area (TPSA) is 108 Å². The van der Waals surface area contributed by atoms with Crippen molar-refractivity contribution < 1.29 is 14.7 Å². The van der Waals surface area contributed by atoms with Crippen molar-refractivity contribution in [2.24, 2.45) is 5.92 Å². The van der Waals surface area contributed by atoms with Gasteiger partial charge in [0, 0.05) is 0 Å². The molecule has 2 heterocycles. The minimum Gasteiger partial charge on any atom is -0.477 e. The number of aromatic nitrogens is 3. The summed E-state index contributed by atoms with van der Waals surface area (Å²) in [5, 5.41) is 11.9. The summed E-state index contributed by atoms with van der Waals surface area (Å²) in [4.78, 5) is 35.2. The van der Waals surface area contributed by atoms with E-state index in [4.69, 9.17) is 5.11 Å². The summed E-state index contributed by atoms with van der Waals surface area (Å²) in [6.45, 7) is 3.94. The lowest BCUT2D eigenvalue weighted by molar-refractivity contribution is 0.0690. The van der Waals surface area contributed by atoms with E-state index in [9.17, 15) is 9.59 Å². The van der Waals surface area contributed by atoms with E-state index in [1.54, 1.807) is 0 Å². The number of hydrogen-bond acceptors (Lipinski definition) is 4. The molecular weight excluding hydrogens is 320 g/mol. The molecule has 7 nitrogen and oxygen atoms in total. The number of carbonyl (C=O) groups is 2. The minimum absolute atomic E-state index is 0.0571. The smallest absolute Gasteiger partial charge is 0.354 e. The van der Waals surface area contributed by atoms with E-state index in [-0.39, 0.29) is 23.3 Å². The highest BCUT2D eigenvalue weighted by molar-refractivity contribution is 5.94. The average molecular weight is 338 g/mol. The zero-order valence-electron chi connectivity index (χ0n) is 13.9. The molecule has 3 rings (SSSR count). The molecule has 1 aromatic carbocycles. The lowest BCUT2D eigenvalue weighted by atomic mass is 10.0. The molecule has 2 aromatic heterocycles. The Morgan fingerprint density at radius 3 is 2.44 bits per heavy atom. The number of para-hydroxylation sites is 2. The van der Waals surface area contributed by atoms with E-state index in [0.717, 1.165) is 11.0 Å². The summed E-state index contributed by atoms with van der Waals surface area (Å²) in [5.74, 6) is -0.888. The van der Waals surface area contributed by atoms with E-state index in [2.05, 4.69) is 20.3 Å². The lowest BCUT2D eigenvalue weighted by Crippen LogP contribution is -2.33. The van der Waals surface area contributed by atoms with Crippen molar-refractivity contribution >= 4 is 22.9 Å². The minimum atomic E-state index is -1.17. The number of fused-ring (bicyclic) bond motifs is 1. The predicted octanol–water partition coefficient (Wildman–Crippen LogP) is 2.78. The molecule has 0 saturated carbocycles. The molecule has 0 radical (unpaired) electrons. The number of aromatic amines is 1. The largest absolute Gasteiger partial charge is 0.477 e. The van der Waals surface area contributed by atoms with Crippen LogP contribution < -0.4 is 5.32 Å². The summed E-state index contributed by atoms with van der Waals surface area (Å²) >= 11 is 0. The Morgan fingerprint density at radius 1 is 1.04 bits per heavy atom. The van der Waals surface area contributed by atoms with Crippen LogP contribution in [0.3, 0.4) is 0 Å². The SMILES string of the molecule is CC(C)[C@@H](NC(=O)c1cccc(C(=O)O)n1)c1nc2ccccc2[nH]1. The van der Waals surface area contributed by atoms with E-state index in [1.165, 1.54) is 18.2 Å². The zero-order chi connectivity index (χ0) is 18.0. The van der Waals surface area contributed by atoms with Crippen molar-refractivity contribution in [3.63, 3.8) is 0 Å². The first-order valence-electron chi connectivity index (χ1n) is 7.91. The first kappa shape index (κ1) is 16.6. The van der Waals surface area contributed by atoms with Gasteiger partial charge in [-0.15, -0.1) is 0 Å². The number of imidazole rings is 1. The molecule has 1 amide bonds. The third-order valence-corrected chi connectivity index (χ3v) is 3.86. The number of amides is 1. The van der Waals surface area contributed by atoms with Crippen molar-refractivity contribution in [1.82, 2.24) is 20.3 Å². The molecule has 0 aliphatic carbocycles. The van der Waals surface area contributed by atoms with Crippen LogP contribution >= 0.6 is 0 Å². The van der Waals surface area contributed by atoms with Crippen molar-refractivity contribution in [3.8, 4) is 0 Å². The monoisotopic (exact) mass is 338 g/mol. The van der Waals surface area contributed by atoms with Crippen LogP contribution in [0.25, 0.3) is 11.0 Å². The molecular formula is C18H18N4O3. The first-order valence-corrected chi connectivity index (χ1v) is 7.91. The Bertz CT molecular complexity index is 900. The number of rotatable bonds is 5. The highest BCUT2D eigenvalue weighted by Crippen LogP contribution is 2.22. The second-order valence-electron chi connectivity index (χ2n) is 6.05. The number of carbonyl (C=O) groups excluding carboxylic acids is 1. The fourth-order valence-electron chi connectivity index (χ4n) is 2.57. The Morgan fingerprint density at radius 2 is 1.76 bits per heavy atom. The van der Waals surface area contributed by atoms with Gasteiger partial charge in [0.1, 0.15) is 17.2 Å². The maximum absolute atomic E-state index is 12.5. The predicted molar refractivity (Wildman–Crippen MR) is 92.3 cm³/mol. The Hall–Kier alpha value is -3.22. The molecule has 0 spiro atoms. The van der Waals surface area contributed by atoms with Gasteiger partial charge in [0.25, 0.3) is 5.91 Å². The number of hydrogen-bond donors (Lipinski definition) is 3. The van der Waals surface area contributed by atoms with E-state index >= 15 is 0 Å². The van der Waals surface area contributed by atoms with Crippen LogP contribution in [0.4, 0.5) is 0 Å². The summed E-state index contributed by atoms with van der Waals surface area (Å²) in [6.07, 6.45) is 0. The van der Waals surface area contributed by atoms with Crippen LogP contribution in [0.2, 0.25) is 0 Å². The highest BCUT2D eigenvalue weighted by atomic mass is 16.4. The molecule has 0 aliphatic rings. The quantitative estimate of drug-likeness (QED) is 0.663. The third-order valence-electron chi connectivity index (χ3n) is 3.86. The Balaban J connectivity index is 1.88. The summed E-state index contributed by atoms with van der Waals surface area (Å²) in [6, 6.07) is 11.6. The Kier molecular flexibility index (Phi) is 4.47. The molecule has 0 aliphatic heterocycles. The van der Waals surface area contributed by atoms with E-state index in [1.807, 2.05) is 38.1 Å². The van der Waals surface area contributed by atoms with Gasteiger partial charge in [-0.3, -0.25) is 4.79 Å². The second kappa shape index (κ2) is 6.72. The normalized spacial score (nSPS) is 12.3. The fourth-order valence-corrected chi connectivity index (χ4v) is 2.57. The maximum atomic E-state index is 12.5. The van der Waals surface area contributed by atoms with Crippen LogP contribution in [0.15, 0.2) is 42.5 Å². The van der Waals surface area contributed by atoms with Crippen LogP contribution in [-0.2, 0) is 0 Å². The van der Waals surface area contributed by atoms with Crippen molar-refractivity contribution in [1.29, 1.82) is 0 Å². The molecule has 25 heavy (non-hydrogen) atoms. The van der Waals surface area contributed by atoms with Gasteiger partial charge >= 0.3 is 5.97 Å². The first-order chi connectivity index (χ1) is 12.0. The number of nitrogens with zero attached hydrogens (tertiary/aromatic N) is 2. The van der Waals surface area contributed by atoms with Gasteiger partial charge in [0.2, 0.25) is 0 Å². The molecule has 7 heteroatoms. The number of H-pyrrole nitrogens is 1. The molecule has 0 bridgehead atoms. The number of carboxylic acids is 1. The van der Waals surface area contributed by atoms with E-state index in [0.29, 0.717) is 5.82 Å². The highest BCUT2D eigenvalue weighted by Gasteiger charge is 2.23. The number of benzene rings is 1. The van der Waals surface area contributed by atoms with Gasteiger partial charge in [-0.25, -0.2) is 14.8 Å². The number of nitrogens with one attached hydrogen (secondary N) is 2.